The highest BCUT2D eigenvalue weighted by Gasteiger charge is 2.13. The van der Waals surface area contributed by atoms with Gasteiger partial charge >= 0.3 is 0 Å². The summed E-state index contributed by atoms with van der Waals surface area (Å²) in [5, 5.41) is 0. The van der Waals surface area contributed by atoms with Crippen LogP contribution in [0.25, 0.3) is 0 Å². The minimum atomic E-state index is -0.464. The predicted molar refractivity (Wildman–Crippen MR) is 58.4 cm³/mol. The van der Waals surface area contributed by atoms with Crippen molar-refractivity contribution in [3.05, 3.63) is 29.6 Å². The topological polar surface area (TPSA) is 35.5 Å². The van der Waals surface area contributed by atoms with Crippen LogP contribution in [0.2, 0.25) is 0 Å². The number of hydrogen-bond donors (Lipinski definition) is 0. The minimum Gasteiger partial charge on any atom is -0.496 e. The van der Waals surface area contributed by atoms with Crippen molar-refractivity contribution in [1.82, 2.24) is 0 Å². The van der Waals surface area contributed by atoms with Crippen LogP contribution in [-0.2, 0) is 4.74 Å². The predicted octanol–water partition coefficient (Wildman–Crippen LogP) is 2.44. The second-order valence-corrected chi connectivity index (χ2v) is 3.63. The van der Waals surface area contributed by atoms with Crippen molar-refractivity contribution in [2.75, 3.05) is 13.7 Å². The third-order valence-electron chi connectivity index (χ3n) is 2.01. The Hall–Kier alpha value is -1.42. The van der Waals surface area contributed by atoms with E-state index in [1.807, 2.05) is 13.8 Å². The van der Waals surface area contributed by atoms with Crippen LogP contribution in [0.4, 0.5) is 4.39 Å². The fourth-order valence-corrected chi connectivity index (χ4v) is 1.22. The summed E-state index contributed by atoms with van der Waals surface area (Å²) in [6.45, 7) is 3.59. The van der Waals surface area contributed by atoms with E-state index in [4.69, 9.17) is 9.47 Å². The molecule has 0 radical (unpaired) electrons. The molecule has 1 aromatic carbocycles. The molecule has 16 heavy (non-hydrogen) atoms. The van der Waals surface area contributed by atoms with E-state index in [-0.39, 0.29) is 24.1 Å². The fourth-order valence-electron chi connectivity index (χ4n) is 1.22. The monoisotopic (exact) mass is 226 g/mol. The van der Waals surface area contributed by atoms with Crippen LogP contribution in [0.5, 0.6) is 5.75 Å². The normalized spacial score (nSPS) is 10.6. The van der Waals surface area contributed by atoms with Crippen LogP contribution < -0.4 is 4.74 Å². The molecule has 0 spiro atoms. The maximum Gasteiger partial charge on any atom is 0.192 e. The van der Waals surface area contributed by atoms with Crippen LogP contribution in [-0.4, -0.2) is 25.6 Å². The number of carbonyl (C=O) groups excluding carboxylic acids is 1. The van der Waals surface area contributed by atoms with Crippen molar-refractivity contribution >= 4 is 5.78 Å². The first-order valence-electron chi connectivity index (χ1n) is 5.03. The summed E-state index contributed by atoms with van der Waals surface area (Å²) in [5.41, 5.74) is 0.211. The van der Waals surface area contributed by atoms with Crippen molar-refractivity contribution in [3.8, 4) is 5.75 Å². The molecule has 0 unspecified atom stereocenters. The summed E-state index contributed by atoms with van der Waals surface area (Å²) in [7, 11) is 1.44. The fraction of sp³-hybridized carbons (Fsp3) is 0.417. The number of hydrogen-bond acceptors (Lipinski definition) is 3. The first kappa shape index (κ1) is 12.6. The Morgan fingerprint density at radius 1 is 1.44 bits per heavy atom. The van der Waals surface area contributed by atoms with Crippen LogP contribution in [0.3, 0.4) is 0 Å². The number of carbonyl (C=O) groups is 1. The highest BCUT2D eigenvalue weighted by molar-refractivity contribution is 5.99. The standard InChI is InChI=1S/C12H15FO3/c1-8(2)16-7-11(14)10-6-9(13)4-5-12(10)15-3/h4-6,8H,7H2,1-3H3. The number of ketones is 1. The Kier molecular flexibility index (Phi) is 4.43. The van der Waals surface area contributed by atoms with Crippen molar-refractivity contribution < 1.29 is 18.7 Å². The Bertz CT molecular complexity index is 375. The van der Waals surface area contributed by atoms with Crippen molar-refractivity contribution in [2.45, 2.75) is 20.0 Å². The number of ether oxygens (including phenoxy) is 2. The molecule has 0 amide bonds. The number of Topliss-reactive ketones (excluding diaryl/α,β-unsaturated/α-hetero) is 1. The molecule has 0 bridgehead atoms. The molecule has 0 aliphatic rings. The first-order chi connectivity index (χ1) is 7.54. The van der Waals surface area contributed by atoms with Crippen molar-refractivity contribution in [3.63, 3.8) is 0 Å². The molecule has 1 rings (SSSR count). The molecule has 0 aromatic heterocycles. The lowest BCUT2D eigenvalue weighted by atomic mass is 10.1. The summed E-state index contributed by atoms with van der Waals surface area (Å²) in [6.07, 6.45) is -0.0384. The second-order valence-electron chi connectivity index (χ2n) is 3.63. The van der Waals surface area contributed by atoms with Gasteiger partial charge in [0.2, 0.25) is 0 Å². The van der Waals surface area contributed by atoms with Gasteiger partial charge in [-0.25, -0.2) is 4.39 Å². The van der Waals surface area contributed by atoms with E-state index < -0.39 is 5.82 Å². The van der Waals surface area contributed by atoms with Gasteiger partial charge in [-0.15, -0.1) is 0 Å². The van der Waals surface area contributed by atoms with Crippen molar-refractivity contribution in [1.29, 1.82) is 0 Å². The molecule has 0 aliphatic heterocycles. The zero-order valence-corrected chi connectivity index (χ0v) is 9.62. The second kappa shape index (κ2) is 5.61. The van der Waals surface area contributed by atoms with E-state index in [0.29, 0.717) is 5.75 Å². The summed E-state index contributed by atoms with van der Waals surface area (Å²) >= 11 is 0. The van der Waals surface area contributed by atoms with E-state index in [0.717, 1.165) is 6.07 Å². The Morgan fingerprint density at radius 2 is 2.12 bits per heavy atom. The molecule has 4 heteroatoms. The number of halogens is 1. The maximum absolute atomic E-state index is 13.0. The van der Waals surface area contributed by atoms with E-state index in [1.165, 1.54) is 19.2 Å². The lowest BCUT2D eigenvalue weighted by molar-refractivity contribution is 0.0582. The Labute approximate surface area is 94.2 Å². The van der Waals surface area contributed by atoms with Crippen LogP contribution in [0, 0.1) is 5.82 Å². The zero-order chi connectivity index (χ0) is 12.1. The van der Waals surface area contributed by atoms with Gasteiger partial charge in [-0.05, 0) is 32.0 Å². The van der Waals surface area contributed by atoms with Gasteiger partial charge in [0.25, 0.3) is 0 Å². The smallest absolute Gasteiger partial charge is 0.192 e. The number of methoxy groups -OCH3 is 1. The SMILES string of the molecule is COc1ccc(F)cc1C(=O)COC(C)C. The average molecular weight is 226 g/mol. The minimum absolute atomic E-state index is 0.0384. The van der Waals surface area contributed by atoms with Gasteiger partial charge in [0, 0.05) is 0 Å². The van der Waals surface area contributed by atoms with Gasteiger partial charge in [-0.2, -0.15) is 0 Å². The molecule has 3 nitrogen and oxygen atoms in total. The third kappa shape index (κ3) is 3.31. The molecular formula is C12H15FO3. The molecule has 0 heterocycles. The molecule has 88 valence electrons. The number of rotatable bonds is 5. The highest BCUT2D eigenvalue weighted by Crippen LogP contribution is 2.19. The molecule has 0 saturated heterocycles. The Morgan fingerprint density at radius 3 is 2.69 bits per heavy atom. The third-order valence-corrected chi connectivity index (χ3v) is 2.01. The quantitative estimate of drug-likeness (QED) is 0.723. The molecule has 0 saturated carbocycles. The summed E-state index contributed by atoms with van der Waals surface area (Å²) in [5.74, 6) is -0.391. The molecule has 0 aliphatic carbocycles. The lowest BCUT2D eigenvalue weighted by Crippen LogP contribution is -2.14. The molecular weight excluding hydrogens is 211 g/mol. The van der Waals surface area contributed by atoms with Gasteiger partial charge in [0.15, 0.2) is 5.78 Å². The van der Waals surface area contributed by atoms with Crippen LogP contribution in [0.1, 0.15) is 24.2 Å². The Balaban J connectivity index is 2.84. The zero-order valence-electron chi connectivity index (χ0n) is 9.62. The highest BCUT2D eigenvalue weighted by atomic mass is 19.1. The van der Waals surface area contributed by atoms with Gasteiger partial charge in [-0.3, -0.25) is 4.79 Å². The van der Waals surface area contributed by atoms with E-state index >= 15 is 0 Å². The molecule has 0 N–H and O–H groups in total. The average Bonchev–Trinajstić information content (AvgIpc) is 2.25. The summed E-state index contributed by atoms with van der Waals surface area (Å²) in [6, 6.07) is 3.84. The van der Waals surface area contributed by atoms with Gasteiger partial charge in [0.05, 0.1) is 18.8 Å². The molecule has 0 fully saturated rings. The van der Waals surface area contributed by atoms with Crippen LogP contribution in [0.15, 0.2) is 18.2 Å². The van der Waals surface area contributed by atoms with Gasteiger partial charge < -0.3 is 9.47 Å². The summed E-state index contributed by atoms with van der Waals surface area (Å²) in [4.78, 5) is 11.7. The molecule has 1 aromatic rings. The first-order valence-corrected chi connectivity index (χ1v) is 5.03. The summed E-state index contributed by atoms with van der Waals surface area (Å²) < 4.78 is 23.1. The van der Waals surface area contributed by atoms with Crippen LogP contribution >= 0.6 is 0 Å². The van der Waals surface area contributed by atoms with Crippen molar-refractivity contribution in [2.24, 2.45) is 0 Å². The van der Waals surface area contributed by atoms with E-state index in [2.05, 4.69) is 0 Å². The number of benzene rings is 1. The van der Waals surface area contributed by atoms with Gasteiger partial charge in [-0.1, -0.05) is 0 Å². The van der Waals surface area contributed by atoms with E-state index in [1.54, 1.807) is 0 Å². The molecule has 0 atom stereocenters. The largest absolute Gasteiger partial charge is 0.496 e. The lowest BCUT2D eigenvalue weighted by Gasteiger charge is -2.09. The van der Waals surface area contributed by atoms with E-state index in [9.17, 15) is 9.18 Å². The maximum atomic E-state index is 13.0. The van der Waals surface area contributed by atoms with Gasteiger partial charge in [0.1, 0.15) is 18.2 Å².